The molecule has 1 amide bonds. The first kappa shape index (κ1) is 25.0. The molecule has 1 aliphatic rings. The zero-order chi connectivity index (χ0) is 26.9. The van der Waals surface area contributed by atoms with Gasteiger partial charge in [-0.25, -0.2) is 4.98 Å². The lowest BCUT2D eigenvalue weighted by Crippen LogP contribution is -2.23. The molecule has 3 aromatic carbocycles. The summed E-state index contributed by atoms with van der Waals surface area (Å²) in [5.41, 5.74) is 5.40. The summed E-state index contributed by atoms with van der Waals surface area (Å²) in [4.78, 5) is 30.7. The number of hydrogen-bond acceptors (Lipinski definition) is 4. The van der Waals surface area contributed by atoms with Gasteiger partial charge in [0.25, 0.3) is 5.91 Å². The molecule has 9 heteroatoms. The van der Waals surface area contributed by atoms with Crippen molar-refractivity contribution in [2.24, 2.45) is 0 Å². The minimum Gasteiger partial charge on any atom is -0.370 e. The molecule has 1 aliphatic heterocycles. The molecule has 6 rings (SSSR count). The lowest BCUT2D eigenvalue weighted by atomic mass is 10.0. The van der Waals surface area contributed by atoms with Crippen molar-refractivity contribution >= 4 is 46.3 Å². The molecule has 1 unspecified atom stereocenters. The number of Topliss-reactive ketones (excluding diaryl/α,β-unsaturated/α-hetero) is 1. The van der Waals surface area contributed by atoms with E-state index in [1.165, 1.54) is 6.07 Å². The Balaban J connectivity index is 1.27. The lowest BCUT2D eigenvalue weighted by Gasteiger charge is -2.19. The number of nitrogens with zero attached hydrogens (tertiary/aromatic N) is 3. The van der Waals surface area contributed by atoms with Crippen LogP contribution in [0.3, 0.4) is 0 Å². The molecule has 0 saturated carbocycles. The molecule has 2 N–H and O–H groups in total. The first-order valence-corrected chi connectivity index (χ1v) is 13.1. The van der Waals surface area contributed by atoms with E-state index in [0.29, 0.717) is 34.9 Å². The molecule has 0 spiro atoms. The lowest BCUT2D eigenvalue weighted by molar-refractivity contribution is 0.0966. The van der Waals surface area contributed by atoms with Crippen LogP contribution in [0.2, 0.25) is 10.0 Å². The summed E-state index contributed by atoms with van der Waals surface area (Å²) in [6, 6.07) is 23.1. The minimum atomic E-state index is -0.585. The zero-order valence-electron chi connectivity index (χ0n) is 20.6. The van der Waals surface area contributed by atoms with Crippen LogP contribution in [-0.4, -0.2) is 25.8 Å². The Morgan fingerprint density at radius 3 is 2.59 bits per heavy atom. The Kier molecular flexibility index (Phi) is 6.69. The molecule has 5 aromatic rings. The largest absolute Gasteiger partial charge is 0.370 e. The number of nitrogens with one attached hydrogen (secondary N) is 2. The van der Waals surface area contributed by atoms with Gasteiger partial charge in [0.05, 0.1) is 23.5 Å². The number of carbonyl (C=O) groups excluding carboxylic acids is 2. The quantitative estimate of drug-likeness (QED) is 0.229. The highest BCUT2D eigenvalue weighted by atomic mass is 35.5. The van der Waals surface area contributed by atoms with Crippen molar-refractivity contribution in [3.05, 3.63) is 136 Å². The first-order valence-electron chi connectivity index (χ1n) is 12.4. The molecule has 2 aromatic heterocycles. The van der Waals surface area contributed by atoms with Gasteiger partial charge in [-0.3, -0.25) is 9.59 Å². The third-order valence-electron chi connectivity index (χ3n) is 6.82. The van der Waals surface area contributed by atoms with E-state index in [2.05, 4.69) is 32.3 Å². The highest BCUT2D eigenvalue weighted by Gasteiger charge is 2.29. The van der Waals surface area contributed by atoms with Crippen molar-refractivity contribution < 1.29 is 9.59 Å². The third kappa shape index (κ3) is 5.06. The summed E-state index contributed by atoms with van der Waals surface area (Å²) in [7, 11) is 0. The fourth-order valence-corrected chi connectivity index (χ4v) is 5.33. The van der Waals surface area contributed by atoms with Crippen LogP contribution >= 0.6 is 23.2 Å². The number of amides is 1. The molecule has 0 saturated heterocycles. The van der Waals surface area contributed by atoms with Gasteiger partial charge in [0.15, 0.2) is 5.78 Å². The molecule has 7 nitrogen and oxygen atoms in total. The van der Waals surface area contributed by atoms with Crippen molar-refractivity contribution in [2.45, 2.75) is 19.1 Å². The SMILES string of the molecule is O=C(Nc1ccc(C(=O)C2Nc3ccccc3Cn3c(Cn4ccnc4)ccc32)cc1)c1ccc(Cl)cc1Cl. The Bertz CT molecular complexity index is 1680. The summed E-state index contributed by atoms with van der Waals surface area (Å²) in [5, 5.41) is 7.02. The van der Waals surface area contributed by atoms with E-state index < -0.39 is 6.04 Å². The molecule has 39 heavy (non-hydrogen) atoms. The number of rotatable bonds is 6. The van der Waals surface area contributed by atoms with Crippen molar-refractivity contribution in [1.82, 2.24) is 14.1 Å². The second-order valence-electron chi connectivity index (χ2n) is 9.33. The van der Waals surface area contributed by atoms with Gasteiger partial charge in [-0.15, -0.1) is 0 Å². The van der Waals surface area contributed by atoms with Crippen LogP contribution in [0.25, 0.3) is 0 Å². The van der Waals surface area contributed by atoms with Gasteiger partial charge in [0, 0.05) is 52.3 Å². The molecule has 0 bridgehead atoms. The first-order chi connectivity index (χ1) is 19.0. The number of para-hydroxylation sites is 1. The van der Waals surface area contributed by atoms with E-state index >= 15 is 0 Å². The van der Waals surface area contributed by atoms with Crippen LogP contribution in [0, 0.1) is 0 Å². The van der Waals surface area contributed by atoms with Crippen LogP contribution in [0.4, 0.5) is 11.4 Å². The van der Waals surface area contributed by atoms with E-state index in [1.54, 1.807) is 48.9 Å². The Morgan fingerprint density at radius 1 is 1.00 bits per heavy atom. The summed E-state index contributed by atoms with van der Waals surface area (Å²) in [5.74, 6) is -0.431. The van der Waals surface area contributed by atoms with Gasteiger partial charge >= 0.3 is 0 Å². The predicted molar refractivity (Wildman–Crippen MR) is 153 cm³/mol. The van der Waals surface area contributed by atoms with E-state index in [1.807, 2.05) is 35.0 Å². The highest BCUT2D eigenvalue weighted by molar-refractivity contribution is 6.37. The van der Waals surface area contributed by atoms with Crippen molar-refractivity contribution in [2.75, 3.05) is 10.6 Å². The highest BCUT2D eigenvalue weighted by Crippen LogP contribution is 2.33. The second kappa shape index (κ2) is 10.4. The number of halogens is 2. The van der Waals surface area contributed by atoms with Gasteiger partial charge in [-0.2, -0.15) is 0 Å². The average molecular weight is 556 g/mol. The summed E-state index contributed by atoms with van der Waals surface area (Å²) in [6.07, 6.45) is 5.46. The molecular weight excluding hydrogens is 533 g/mol. The van der Waals surface area contributed by atoms with Crippen molar-refractivity contribution in [3.63, 3.8) is 0 Å². The average Bonchev–Trinajstić information content (AvgIpc) is 3.55. The molecule has 0 aliphatic carbocycles. The number of carbonyl (C=O) groups is 2. The van der Waals surface area contributed by atoms with E-state index in [4.69, 9.17) is 23.2 Å². The molecule has 0 fully saturated rings. The smallest absolute Gasteiger partial charge is 0.257 e. The number of benzene rings is 3. The predicted octanol–water partition coefficient (Wildman–Crippen LogP) is 6.69. The van der Waals surface area contributed by atoms with Gasteiger partial charge < -0.3 is 19.8 Å². The number of ketones is 1. The van der Waals surface area contributed by atoms with Crippen LogP contribution in [-0.2, 0) is 13.1 Å². The molecular formula is C30H23Cl2N5O2. The number of aromatic nitrogens is 3. The fraction of sp³-hybridized carbons (Fsp3) is 0.100. The maximum absolute atomic E-state index is 13.9. The molecule has 3 heterocycles. The van der Waals surface area contributed by atoms with E-state index in [-0.39, 0.29) is 16.7 Å². The second-order valence-corrected chi connectivity index (χ2v) is 10.2. The fourth-order valence-electron chi connectivity index (χ4n) is 4.83. The number of imidazole rings is 1. The van der Waals surface area contributed by atoms with Crippen LogP contribution in [0.15, 0.2) is 97.6 Å². The van der Waals surface area contributed by atoms with Crippen molar-refractivity contribution in [1.29, 1.82) is 0 Å². The summed E-state index contributed by atoms with van der Waals surface area (Å²) in [6.45, 7) is 1.30. The van der Waals surface area contributed by atoms with Gasteiger partial charge in [-0.05, 0) is 66.2 Å². The van der Waals surface area contributed by atoms with E-state index in [9.17, 15) is 9.59 Å². The molecule has 194 valence electrons. The normalized spacial score (nSPS) is 14.1. The Hall–Kier alpha value is -4.33. The molecule has 0 radical (unpaired) electrons. The number of anilines is 2. The standard InChI is InChI=1S/C30H23Cl2N5O2/c31-21-7-11-24(25(32)15-21)30(39)34-22-8-5-19(6-9-22)29(38)28-27-12-10-23(17-36-14-13-33-18-36)37(27)16-20-3-1-2-4-26(20)35-28/h1-15,18,28,35H,16-17H2,(H,34,39). The summed E-state index contributed by atoms with van der Waals surface area (Å²) < 4.78 is 4.21. The molecule has 1 atom stereocenters. The Labute approximate surface area is 235 Å². The van der Waals surface area contributed by atoms with Crippen LogP contribution in [0.1, 0.15) is 43.7 Å². The zero-order valence-corrected chi connectivity index (χ0v) is 22.2. The maximum atomic E-state index is 13.9. The van der Waals surface area contributed by atoms with Crippen LogP contribution < -0.4 is 10.6 Å². The van der Waals surface area contributed by atoms with Gasteiger partial charge in [0.1, 0.15) is 6.04 Å². The number of fused-ring (bicyclic) bond motifs is 2. The third-order valence-corrected chi connectivity index (χ3v) is 7.36. The van der Waals surface area contributed by atoms with Gasteiger partial charge in [0.2, 0.25) is 0 Å². The van der Waals surface area contributed by atoms with Crippen LogP contribution in [0.5, 0.6) is 0 Å². The summed E-state index contributed by atoms with van der Waals surface area (Å²) >= 11 is 12.1. The Morgan fingerprint density at radius 2 is 1.82 bits per heavy atom. The topological polar surface area (TPSA) is 81.0 Å². The number of hydrogen-bond donors (Lipinski definition) is 2. The monoisotopic (exact) mass is 555 g/mol. The van der Waals surface area contributed by atoms with E-state index in [0.717, 1.165) is 22.6 Å². The van der Waals surface area contributed by atoms with Gasteiger partial charge in [-0.1, -0.05) is 41.4 Å². The maximum Gasteiger partial charge on any atom is 0.257 e. The minimum absolute atomic E-state index is 0.0705. The van der Waals surface area contributed by atoms with Crippen molar-refractivity contribution in [3.8, 4) is 0 Å².